The van der Waals surface area contributed by atoms with E-state index in [9.17, 15) is 14.4 Å². The third kappa shape index (κ3) is 6.34. The van der Waals surface area contributed by atoms with E-state index in [1.165, 1.54) is 12.5 Å². The Morgan fingerprint density at radius 3 is 2.26 bits per heavy atom. The summed E-state index contributed by atoms with van der Waals surface area (Å²) in [5.74, 6) is 0.593. The van der Waals surface area contributed by atoms with Gasteiger partial charge in [-0.1, -0.05) is 50.2 Å². The zero-order valence-corrected chi connectivity index (χ0v) is 18.7. The third-order valence-electron chi connectivity index (χ3n) is 5.79. The van der Waals surface area contributed by atoms with Crippen molar-refractivity contribution in [1.82, 2.24) is 4.90 Å². The van der Waals surface area contributed by atoms with Crippen molar-refractivity contribution in [3.05, 3.63) is 65.2 Å². The molecule has 31 heavy (non-hydrogen) atoms. The zero-order chi connectivity index (χ0) is 22.4. The summed E-state index contributed by atoms with van der Waals surface area (Å²) in [6.07, 6.45) is 2.53. The van der Waals surface area contributed by atoms with Gasteiger partial charge in [-0.15, -0.1) is 0 Å². The van der Waals surface area contributed by atoms with Gasteiger partial charge in [-0.25, -0.2) is 0 Å². The van der Waals surface area contributed by atoms with Crippen LogP contribution in [0.5, 0.6) is 0 Å². The molecule has 0 bridgehead atoms. The summed E-state index contributed by atoms with van der Waals surface area (Å²) in [7, 11) is 0. The maximum absolute atomic E-state index is 12.9. The van der Waals surface area contributed by atoms with Crippen molar-refractivity contribution in [3.8, 4) is 0 Å². The fourth-order valence-corrected chi connectivity index (χ4v) is 4.16. The molecule has 0 atom stereocenters. The minimum Gasteiger partial charge on any atom is -0.324 e. The Morgan fingerprint density at radius 1 is 1.00 bits per heavy atom. The molecule has 1 heterocycles. The molecule has 3 rings (SSSR count). The first-order chi connectivity index (χ1) is 14.8. The van der Waals surface area contributed by atoms with Crippen molar-refractivity contribution in [2.75, 3.05) is 25.0 Å². The topological polar surface area (TPSA) is 66.5 Å². The molecule has 1 saturated heterocycles. The van der Waals surface area contributed by atoms with Crippen LogP contribution in [0.25, 0.3) is 0 Å². The number of nitrogens with one attached hydrogen (secondary N) is 1. The van der Waals surface area contributed by atoms with Crippen LogP contribution in [0.3, 0.4) is 0 Å². The van der Waals surface area contributed by atoms with Crippen LogP contribution >= 0.6 is 0 Å². The van der Waals surface area contributed by atoms with Gasteiger partial charge in [-0.3, -0.25) is 19.3 Å². The lowest BCUT2D eigenvalue weighted by atomic mass is 9.88. The van der Waals surface area contributed by atoms with Crippen LogP contribution < -0.4 is 5.32 Å². The van der Waals surface area contributed by atoms with Crippen molar-refractivity contribution in [3.63, 3.8) is 0 Å². The minimum absolute atomic E-state index is 0.00805. The number of ketones is 2. The summed E-state index contributed by atoms with van der Waals surface area (Å²) < 4.78 is 0. The highest BCUT2D eigenvalue weighted by atomic mass is 16.2. The fourth-order valence-electron chi connectivity index (χ4n) is 4.16. The lowest BCUT2D eigenvalue weighted by Gasteiger charge is -2.30. The van der Waals surface area contributed by atoms with Crippen molar-refractivity contribution in [1.29, 1.82) is 0 Å². The van der Waals surface area contributed by atoms with Crippen LogP contribution in [0, 0.1) is 11.8 Å². The first kappa shape index (κ1) is 22.9. The van der Waals surface area contributed by atoms with Gasteiger partial charge in [-0.05, 0) is 62.9 Å². The highest BCUT2D eigenvalue weighted by molar-refractivity contribution is 6.04. The molecule has 164 valence electrons. The number of nitrogens with zero attached hydrogens (tertiary/aromatic N) is 1. The van der Waals surface area contributed by atoms with E-state index < -0.39 is 0 Å². The van der Waals surface area contributed by atoms with Crippen molar-refractivity contribution >= 4 is 23.2 Å². The Bertz CT molecular complexity index is 926. The predicted molar refractivity (Wildman–Crippen MR) is 124 cm³/mol. The maximum Gasteiger partial charge on any atom is 0.238 e. The Morgan fingerprint density at radius 2 is 1.65 bits per heavy atom. The first-order valence-corrected chi connectivity index (χ1v) is 11.1. The zero-order valence-electron chi connectivity index (χ0n) is 18.7. The molecular weight excluding hydrogens is 388 g/mol. The number of amides is 1. The van der Waals surface area contributed by atoms with E-state index >= 15 is 0 Å². The third-order valence-corrected chi connectivity index (χ3v) is 5.79. The number of hydrogen-bond acceptors (Lipinski definition) is 4. The van der Waals surface area contributed by atoms with E-state index in [-0.39, 0.29) is 29.9 Å². The normalized spacial score (nSPS) is 15.1. The largest absolute Gasteiger partial charge is 0.324 e. The molecule has 0 unspecified atom stereocenters. The Balaban J connectivity index is 1.50. The molecular formula is C26H32N2O3. The van der Waals surface area contributed by atoms with E-state index in [1.807, 2.05) is 12.1 Å². The van der Waals surface area contributed by atoms with Crippen LogP contribution in [0.15, 0.2) is 48.5 Å². The average Bonchev–Trinajstić information content (AvgIpc) is 2.74. The van der Waals surface area contributed by atoms with Crippen LogP contribution in [0.4, 0.5) is 5.69 Å². The van der Waals surface area contributed by atoms with Gasteiger partial charge in [0.25, 0.3) is 0 Å². The van der Waals surface area contributed by atoms with Crippen molar-refractivity contribution in [2.45, 2.75) is 40.0 Å². The van der Waals surface area contributed by atoms with E-state index in [1.54, 1.807) is 24.3 Å². The molecule has 0 aliphatic carbocycles. The van der Waals surface area contributed by atoms with E-state index in [0.29, 0.717) is 30.3 Å². The SMILES string of the molecule is CC(=O)c1ccccc1NC(=O)CN1CCC(C(=O)c2ccc(CC(C)C)cc2)CC1. The highest BCUT2D eigenvalue weighted by Gasteiger charge is 2.26. The van der Waals surface area contributed by atoms with Crippen LogP contribution in [-0.2, 0) is 11.2 Å². The number of piperidine rings is 1. The number of anilines is 1. The van der Waals surface area contributed by atoms with Gasteiger partial charge >= 0.3 is 0 Å². The number of benzene rings is 2. The van der Waals surface area contributed by atoms with Crippen molar-refractivity contribution < 1.29 is 14.4 Å². The van der Waals surface area contributed by atoms with E-state index in [0.717, 1.165) is 24.8 Å². The van der Waals surface area contributed by atoms with Crippen molar-refractivity contribution in [2.24, 2.45) is 11.8 Å². The molecule has 0 radical (unpaired) electrons. The molecule has 1 aliphatic rings. The van der Waals surface area contributed by atoms with Crippen LogP contribution in [-0.4, -0.2) is 42.0 Å². The molecule has 1 amide bonds. The number of rotatable bonds is 8. The number of para-hydroxylation sites is 1. The molecule has 1 fully saturated rings. The number of hydrogen-bond donors (Lipinski definition) is 1. The summed E-state index contributed by atoms with van der Waals surface area (Å²) in [6.45, 7) is 7.55. The number of carbonyl (C=O) groups excluding carboxylic acids is 3. The van der Waals surface area contributed by atoms with Crippen LogP contribution in [0.2, 0.25) is 0 Å². The first-order valence-electron chi connectivity index (χ1n) is 11.1. The lowest BCUT2D eigenvalue weighted by molar-refractivity contribution is -0.117. The molecule has 1 aliphatic heterocycles. The highest BCUT2D eigenvalue weighted by Crippen LogP contribution is 2.23. The number of Topliss-reactive ketones (excluding diaryl/α,β-unsaturated/α-hetero) is 2. The number of carbonyl (C=O) groups is 3. The molecule has 0 saturated carbocycles. The van der Waals surface area contributed by atoms with Gasteiger partial charge in [0.1, 0.15) is 0 Å². The summed E-state index contributed by atoms with van der Waals surface area (Å²) in [6, 6.07) is 15.1. The summed E-state index contributed by atoms with van der Waals surface area (Å²) in [4.78, 5) is 39.1. The molecule has 5 nitrogen and oxygen atoms in total. The standard InChI is InChI=1S/C26H32N2O3/c1-18(2)16-20-8-10-21(11-9-20)26(31)22-12-14-28(15-13-22)17-25(30)27-24-7-5-4-6-23(24)19(3)29/h4-11,18,22H,12-17H2,1-3H3,(H,27,30). The van der Waals surface area contributed by atoms with E-state index in [2.05, 4.69) is 36.2 Å². The van der Waals surface area contributed by atoms with Crippen LogP contribution in [0.1, 0.15) is 59.9 Å². The second-order valence-electron chi connectivity index (χ2n) is 8.86. The Kier molecular flexibility index (Phi) is 7.75. The summed E-state index contributed by atoms with van der Waals surface area (Å²) in [5, 5.41) is 2.85. The minimum atomic E-state index is -0.140. The molecule has 0 aromatic heterocycles. The molecule has 0 spiro atoms. The molecule has 1 N–H and O–H groups in total. The molecule has 2 aromatic carbocycles. The fraction of sp³-hybridized carbons (Fsp3) is 0.423. The second-order valence-corrected chi connectivity index (χ2v) is 8.86. The maximum atomic E-state index is 12.9. The monoisotopic (exact) mass is 420 g/mol. The van der Waals surface area contributed by atoms with Gasteiger partial charge in [0, 0.05) is 17.0 Å². The smallest absolute Gasteiger partial charge is 0.238 e. The molecule has 2 aromatic rings. The van der Waals surface area contributed by atoms with Gasteiger partial charge in [0.05, 0.1) is 12.2 Å². The number of likely N-dealkylation sites (tertiary alicyclic amines) is 1. The van der Waals surface area contributed by atoms with Gasteiger partial charge in [0.15, 0.2) is 11.6 Å². The summed E-state index contributed by atoms with van der Waals surface area (Å²) in [5.41, 5.74) is 3.11. The van der Waals surface area contributed by atoms with Gasteiger partial charge in [-0.2, -0.15) is 0 Å². The average molecular weight is 421 g/mol. The van der Waals surface area contributed by atoms with Gasteiger partial charge in [0.2, 0.25) is 5.91 Å². The molecule has 5 heteroatoms. The Hall–Kier alpha value is -2.79. The Labute approximate surface area is 184 Å². The predicted octanol–water partition coefficient (Wildman–Crippen LogP) is 4.62. The quantitative estimate of drug-likeness (QED) is 0.633. The van der Waals surface area contributed by atoms with E-state index in [4.69, 9.17) is 0 Å². The lowest BCUT2D eigenvalue weighted by Crippen LogP contribution is -2.40. The summed E-state index contributed by atoms with van der Waals surface area (Å²) >= 11 is 0. The second kappa shape index (κ2) is 10.5. The van der Waals surface area contributed by atoms with Gasteiger partial charge < -0.3 is 5.32 Å².